The fraction of sp³-hybridized carbons (Fsp3) is 0. The number of hydrogen-bond donors (Lipinski definition) is 0. The van der Waals surface area contributed by atoms with E-state index in [4.69, 9.17) is 34.9 Å². The molecule has 6 heterocycles. The van der Waals surface area contributed by atoms with Crippen molar-refractivity contribution in [1.82, 2.24) is 48.6 Å². The molecule has 0 fully saturated rings. The first-order chi connectivity index (χ1) is 69.9. The Morgan fingerprint density at radius 1 is 0.135 bits per heavy atom. The number of rotatable bonds is 10. The van der Waals surface area contributed by atoms with Gasteiger partial charge in [0.05, 0.1) is 55.5 Å². The summed E-state index contributed by atoms with van der Waals surface area (Å²) >= 11 is 0. The molecule has 3 aliphatic rings. The van der Waals surface area contributed by atoms with Crippen LogP contribution in [0, 0.1) is 0 Å². The summed E-state index contributed by atoms with van der Waals surface area (Å²) in [5.41, 5.74) is 36.3. The maximum Gasteiger partial charge on any atom is 0.238 e. The molecule has 141 heavy (non-hydrogen) atoms. The highest BCUT2D eigenvalue weighted by Gasteiger charge is 2.32. The molecule has 0 atom stereocenters. The van der Waals surface area contributed by atoms with Gasteiger partial charge in [0.25, 0.3) is 0 Å². The SMILES string of the molecule is c1ccc(-c2ccc(-c3nc(-c4ccc(-c5ccccc5)cc4)nc(-n4c5cccc6c5c5c(cccc54)-c4cccc5cccc-6c45)n3)cc2)cc1.c1ccc(-c2ccc(-c3nc(-n4c5cccc6c5c5c(cccc54)-c4cccc5cccc-6c45)nc4ccccc34)cc2)cc1.c1ccc2cc(-c3nc(-n4c5cccc6c5c5c(cccc54)-c4cccc5cccc-6c45)nc4ccccc34)ccc2c1. The lowest BCUT2D eigenvalue weighted by atomic mass is 9.93. The summed E-state index contributed by atoms with van der Waals surface area (Å²) in [4.78, 5) is 36.8. The lowest BCUT2D eigenvalue weighted by Crippen LogP contribution is -2.06. The highest BCUT2D eigenvalue weighted by atomic mass is 15.2. The van der Waals surface area contributed by atoms with E-state index in [0.717, 1.165) is 99.7 Å². The smallest absolute Gasteiger partial charge is 0.238 e. The molecular weight excluding hydrogens is 1710 g/mol. The largest absolute Gasteiger partial charge is 0.278 e. The monoisotopic (exact) mass is 1790 g/mol. The highest BCUT2D eigenvalue weighted by molar-refractivity contribution is 6.31. The van der Waals surface area contributed by atoms with E-state index < -0.39 is 0 Å². The molecule has 0 amide bonds. The molecule has 0 radical (unpaired) electrons. The van der Waals surface area contributed by atoms with Crippen LogP contribution >= 0.6 is 0 Å². The van der Waals surface area contributed by atoms with Gasteiger partial charge in [-0.05, 0) is 198 Å². The van der Waals surface area contributed by atoms with Crippen molar-refractivity contribution in [2.45, 2.75) is 0 Å². The minimum absolute atomic E-state index is 0.589. The van der Waals surface area contributed by atoms with E-state index in [1.54, 1.807) is 0 Å². The standard InChI is InChI=1S/C49H30N4.C42H25N3.C40H23N3/c1-3-11-31(12-4-1)33-23-27-36(28-24-33)47-50-48(37-29-25-34(26-30-37)32-13-5-2-6-14-32)52-49(51-47)53-42-21-9-19-40-38-17-7-15-35-16-8-18-39(44(35)38)41-20-10-22-43(53)46(41)45(40)42;1-2-10-26(11-3-1)27-22-24-29(25-23-27)41-34-14-4-5-19-35(34)43-42(44-41)45-36-20-8-17-32-30-15-6-12-28-13-7-16-31(38(28)30)33-18-9-21-37(45)40(33)39(32)36;1-2-10-26-23-27(22-21-24(26)9-1)39-32-13-3-4-18-33(32)41-40(42-39)43-34-19-7-16-30-28-14-5-11-25-12-6-15-29(36(25)28)31-17-8-20-35(43)38(31)37(30)34/h1-30H;1-25H;1-23H. The van der Waals surface area contributed by atoms with Crippen LogP contribution in [0.1, 0.15) is 0 Å². The Morgan fingerprint density at radius 2 is 0.369 bits per heavy atom. The summed E-state index contributed by atoms with van der Waals surface area (Å²) in [6.45, 7) is 0. The molecule has 28 aromatic rings. The molecule has 0 unspecified atom stereocenters. The first-order valence-electron chi connectivity index (χ1n) is 48.0. The van der Waals surface area contributed by atoms with Crippen LogP contribution in [-0.2, 0) is 0 Å². The van der Waals surface area contributed by atoms with Gasteiger partial charge >= 0.3 is 0 Å². The lowest BCUT2D eigenvalue weighted by Gasteiger charge is -2.14. The van der Waals surface area contributed by atoms with Gasteiger partial charge in [-0.2, -0.15) is 9.97 Å². The van der Waals surface area contributed by atoms with Crippen LogP contribution in [0.25, 0.3) is 294 Å². The van der Waals surface area contributed by atoms with Crippen molar-refractivity contribution in [3.05, 3.63) is 473 Å². The quantitative estimate of drug-likeness (QED) is 0.134. The number of fused-ring (bicyclic) bond motifs is 9. The van der Waals surface area contributed by atoms with E-state index in [2.05, 4.69) is 475 Å². The molecule has 0 N–H and O–H groups in total. The number of benzene rings is 22. The minimum Gasteiger partial charge on any atom is -0.278 e. The lowest BCUT2D eigenvalue weighted by molar-refractivity contribution is 0.953. The van der Waals surface area contributed by atoms with Crippen LogP contribution in [0.15, 0.2) is 473 Å². The van der Waals surface area contributed by atoms with Gasteiger partial charge in [0, 0.05) is 65.3 Å². The predicted molar refractivity (Wildman–Crippen MR) is 583 cm³/mol. The topological polar surface area (TPSA) is 105 Å². The Kier molecular flexibility index (Phi) is 17.9. The fourth-order valence-corrected chi connectivity index (χ4v) is 22.9. The second-order valence-corrected chi connectivity index (χ2v) is 36.8. The van der Waals surface area contributed by atoms with Crippen molar-refractivity contribution < 1.29 is 0 Å². The van der Waals surface area contributed by atoms with Gasteiger partial charge in [0.15, 0.2) is 11.6 Å². The van der Waals surface area contributed by atoms with Crippen LogP contribution in [0.5, 0.6) is 0 Å². The van der Waals surface area contributed by atoms with Crippen molar-refractivity contribution in [2.24, 2.45) is 0 Å². The Hall–Kier alpha value is -19.0. The average molecular weight is 1790 g/mol. The summed E-state index contributed by atoms with van der Waals surface area (Å²) in [6, 6.07) is 169. The summed E-state index contributed by atoms with van der Waals surface area (Å²) in [6.07, 6.45) is 0. The third-order valence-electron chi connectivity index (χ3n) is 29.1. The molecule has 22 aromatic carbocycles. The van der Waals surface area contributed by atoms with Crippen LogP contribution in [0.4, 0.5) is 0 Å². The first kappa shape index (κ1) is 79.4. The Bertz CT molecular complexity index is 9720. The molecule has 10 heteroatoms. The molecule has 31 rings (SSSR count). The molecule has 6 aromatic heterocycles. The fourth-order valence-electron chi connectivity index (χ4n) is 22.9. The zero-order valence-electron chi connectivity index (χ0n) is 76.0. The molecule has 10 nitrogen and oxygen atoms in total. The number of aromatic nitrogens is 10. The third kappa shape index (κ3) is 12.6. The zero-order chi connectivity index (χ0) is 92.4. The van der Waals surface area contributed by atoms with Crippen LogP contribution in [0.3, 0.4) is 0 Å². The molecule has 3 aliphatic carbocycles. The van der Waals surface area contributed by atoms with Crippen molar-refractivity contribution in [2.75, 3.05) is 0 Å². The third-order valence-corrected chi connectivity index (χ3v) is 29.1. The van der Waals surface area contributed by atoms with Crippen molar-refractivity contribution >= 4 is 130 Å². The number of nitrogens with zero attached hydrogens (tertiary/aromatic N) is 10. The molecule has 0 aliphatic heterocycles. The van der Waals surface area contributed by atoms with Gasteiger partial charge in [0.1, 0.15) is 0 Å². The van der Waals surface area contributed by atoms with Gasteiger partial charge in [-0.1, -0.05) is 419 Å². The summed E-state index contributed by atoms with van der Waals surface area (Å²) in [5, 5.41) is 19.6. The van der Waals surface area contributed by atoms with Gasteiger partial charge < -0.3 is 0 Å². The minimum atomic E-state index is 0.589. The van der Waals surface area contributed by atoms with Crippen molar-refractivity contribution in [3.63, 3.8) is 0 Å². The van der Waals surface area contributed by atoms with E-state index in [-0.39, 0.29) is 0 Å². The normalized spacial score (nSPS) is 12.0. The van der Waals surface area contributed by atoms with Crippen LogP contribution in [-0.4, -0.2) is 48.6 Å². The van der Waals surface area contributed by atoms with E-state index >= 15 is 0 Å². The van der Waals surface area contributed by atoms with Gasteiger partial charge in [-0.3, -0.25) is 13.7 Å². The van der Waals surface area contributed by atoms with Gasteiger partial charge in [-0.25, -0.2) is 24.9 Å². The molecule has 0 saturated heterocycles. The first-order valence-corrected chi connectivity index (χ1v) is 48.0. The Balaban J connectivity index is 0.000000102. The van der Waals surface area contributed by atoms with E-state index in [9.17, 15) is 0 Å². The average Bonchev–Trinajstić information content (AvgIpc) is 1.55. The van der Waals surface area contributed by atoms with Crippen LogP contribution < -0.4 is 0 Å². The van der Waals surface area contributed by atoms with E-state index in [0.29, 0.717) is 29.5 Å². The number of para-hydroxylation sites is 2. The van der Waals surface area contributed by atoms with Crippen molar-refractivity contribution in [3.8, 4) is 163 Å². The van der Waals surface area contributed by atoms with Crippen LogP contribution in [0.2, 0.25) is 0 Å². The second kappa shape index (κ2) is 31.8. The molecule has 0 bridgehead atoms. The number of hydrogen-bond acceptors (Lipinski definition) is 7. The molecule has 652 valence electrons. The summed E-state index contributed by atoms with van der Waals surface area (Å²) in [5.74, 6) is 3.20. The maximum absolute atomic E-state index is 5.36. The molecule has 0 spiro atoms. The maximum atomic E-state index is 5.36. The molecular formula is C131H78N10. The second-order valence-electron chi connectivity index (χ2n) is 36.8. The van der Waals surface area contributed by atoms with E-state index in [1.807, 2.05) is 12.1 Å². The highest BCUT2D eigenvalue weighted by Crippen LogP contribution is 2.55. The predicted octanol–water partition coefficient (Wildman–Crippen LogP) is 33.6. The van der Waals surface area contributed by atoms with Gasteiger partial charge in [0.2, 0.25) is 17.8 Å². The summed E-state index contributed by atoms with van der Waals surface area (Å²) in [7, 11) is 0. The van der Waals surface area contributed by atoms with E-state index in [1.165, 1.54) is 164 Å². The van der Waals surface area contributed by atoms with Gasteiger partial charge in [-0.15, -0.1) is 0 Å². The van der Waals surface area contributed by atoms with Crippen molar-refractivity contribution in [1.29, 1.82) is 0 Å². The Morgan fingerprint density at radius 3 is 0.695 bits per heavy atom. The Labute approximate surface area is 809 Å². The summed E-state index contributed by atoms with van der Waals surface area (Å²) < 4.78 is 6.76. The molecule has 0 saturated carbocycles. The zero-order valence-corrected chi connectivity index (χ0v) is 76.0.